The summed E-state index contributed by atoms with van der Waals surface area (Å²) < 4.78 is 23.8. The lowest BCUT2D eigenvalue weighted by Gasteiger charge is -2.37. The van der Waals surface area contributed by atoms with E-state index in [0.717, 1.165) is 5.56 Å². The van der Waals surface area contributed by atoms with Crippen LogP contribution in [0.15, 0.2) is 121 Å². The standard InChI is InChI=1S/C38H40O8S2/c1-3-47-38(48-4-2)32(39)34(46-37(42)30-23-15-8-16-24-30)33(45-36(41)29-21-13-7-14-22-29)31(26-43-25-27-17-9-5-10-18-27)44-35(40)28-19-11-6-12-20-28/h5-24,31-34,38-39H,3-4,25-26H2,1-2H3/t31-,32-,33-,34-/m1/s1. The molecule has 0 spiro atoms. The highest BCUT2D eigenvalue weighted by Gasteiger charge is 2.45. The Labute approximate surface area is 290 Å². The maximum absolute atomic E-state index is 13.7. The highest BCUT2D eigenvalue weighted by atomic mass is 32.2. The Balaban J connectivity index is 1.78. The first-order valence-electron chi connectivity index (χ1n) is 15.7. The van der Waals surface area contributed by atoms with E-state index in [4.69, 9.17) is 18.9 Å². The van der Waals surface area contributed by atoms with Crippen LogP contribution in [0.25, 0.3) is 0 Å². The van der Waals surface area contributed by atoms with Gasteiger partial charge in [-0.05, 0) is 53.5 Å². The quantitative estimate of drug-likeness (QED) is 0.0662. The molecule has 48 heavy (non-hydrogen) atoms. The van der Waals surface area contributed by atoms with E-state index in [2.05, 4.69) is 0 Å². The van der Waals surface area contributed by atoms with Crippen molar-refractivity contribution < 1.29 is 38.4 Å². The molecule has 1 N–H and O–H groups in total. The van der Waals surface area contributed by atoms with Crippen molar-refractivity contribution in [1.29, 1.82) is 0 Å². The van der Waals surface area contributed by atoms with Gasteiger partial charge >= 0.3 is 17.9 Å². The van der Waals surface area contributed by atoms with Gasteiger partial charge in [-0.3, -0.25) is 0 Å². The van der Waals surface area contributed by atoms with Crippen LogP contribution >= 0.6 is 23.5 Å². The molecule has 0 bridgehead atoms. The van der Waals surface area contributed by atoms with E-state index in [9.17, 15) is 19.5 Å². The molecule has 4 aromatic rings. The lowest BCUT2D eigenvalue weighted by Crippen LogP contribution is -2.54. The fraction of sp³-hybridized carbons (Fsp3) is 0.289. The van der Waals surface area contributed by atoms with E-state index < -0.39 is 46.9 Å². The normalized spacial score (nSPS) is 13.6. The Morgan fingerprint density at radius 3 is 1.42 bits per heavy atom. The lowest BCUT2D eigenvalue weighted by molar-refractivity contribution is -0.132. The molecule has 0 aromatic heterocycles. The average molecular weight is 689 g/mol. The monoisotopic (exact) mass is 688 g/mol. The van der Waals surface area contributed by atoms with Crippen molar-refractivity contribution in [2.24, 2.45) is 0 Å². The molecule has 0 aliphatic rings. The topological polar surface area (TPSA) is 108 Å². The number of ether oxygens (including phenoxy) is 4. The molecule has 0 saturated heterocycles. The van der Waals surface area contributed by atoms with Crippen LogP contribution in [-0.2, 0) is 25.6 Å². The van der Waals surface area contributed by atoms with Crippen LogP contribution in [-0.4, -0.2) is 70.1 Å². The summed E-state index contributed by atoms with van der Waals surface area (Å²) in [4.78, 5) is 40.8. The molecule has 0 saturated carbocycles. The number of carbonyl (C=O) groups is 3. The molecule has 8 nitrogen and oxygen atoms in total. The fourth-order valence-electron chi connectivity index (χ4n) is 4.79. The summed E-state index contributed by atoms with van der Waals surface area (Å²) in [6.45, 7) is 3.84. The second-order valence-electron chi connectivity index (χ2n) is 10.6. The summed E-state index contributed by atoms with van der Waals surface area (Å²) in [5, 5.41) is 12.0. The van der Waals surface area contributed by atoms with Crippen LogP contribution in [0.3, 0.4) is 0 Å². The minimum absolute atomic E-state index is 0.163. The van der Waals surface area contributed by atoms with E-state index in [0.29, 0.717) is 11.5 Å². The SMILES string of the molecule is CCSC(SCC)[C@H](O)[C@@H](OC(=O)c1ccccc1)[C@H](OC(=O)c1ccccc1)[C@@H](COCc1ccccc1)OC(=O)c1ccccc1. The second-order valence-corrected chi connectivity index (χ2v) is 13.7. The zero-order valence-electron chi connectivity index (χ0n) is 26.9. The fourth-order valence-corrected chi connectivity index (χ4v) is 7.35. The average Bonchev–Trinajstić information content (AvgIpc) is 3.13. The predicted molar refractivity (Wildman–Crippen MR) is 189 cm³/mol. The Bertz CT molecular complexity index is 1530. The van der Waals surface area contributed by atoms with Crippen molar-refractivity contribution in [3.63, 3.8) is 0 Å². The number of aliphatic hydroxyl groups is 1. The molecule has 4 atom stereocenters. The summed E-state index contributed by atoms with van der Waals surface area (Å²) in [5.74, 6) is -0.861. The number of hydrogen-bond donors (Lipinski definition) is 1. The van der Waals surface area contributed by atoms with Gasteiger partial charge in [0.1, 0.15) is 6.10 Å². The molecule has 0 aliphatic heterocycles. The molecule has 10 heteroatoms. The Hall–Kier alpha value is -4.09. The van der Waals surface area contributed by atoms with Gasteiger partial charge in [0.25, 0.3) is 0 Å². The highest BCUT2D eigenvalue weighted by Crippen LogP contribution is 2.32. The van der Waals surface area contributed by atoms with Gasteiger partial charge in [0.15, 0.2) is 18.3 Å². The van der Waals surface area contributed by atoms with Gasteiger partial charge in [-0.25, -0.2) is 14.4 Å². The number of esters is 3. The number of aliphatic hydroxyl groups excluding tert-OH is 1. The third-order valence-electron chi connectivity index (χ3n) is 7.13. The summed E-state index contributed by atoms with van der Waals surface area (Å²) in [6, 6.07) is 34.4. The number of thioether (sulfide) groups is 2. The molecule has 0 radical (unpaired) electrons. The number of carbonyl (C=O) groups excluding carboxylic acids is 3. The van der Waals surface area contributed by atoms with Gasteiger partial charge in [-0.2, -0.15) is 0 Å². The van der Waals surface area contributed by atoms with Crippen molar-refractivity contribution in [3.05, 3.63) is 144 Å². The second kappa shape index (κ2) is 19.7. The summed E-state index contributed by atoms with van der Waals surface area (Å²) in [5.41, 5.74) is 1.60. The van der Waals surface area contributed by atoms with Crippen LogP contribution in [0.2, 0.25) is 0 Å². The van der Waals surface area contributed by atoms with Crippen LogP contribution in [0.5, 0.6) is 0 Å². The third kappa shape index (κ3) is 11.0. The lowest BCUT2D eigenvalue weighted by atomic mass is 10.0. The van der Waals surface area contributed by atoms with E-state index >= 15 is 0 Å². The Morgan fingerprint density at radius 2 is 0.979 bits per heavy atom. The molecular formula is C38H40O8S2. The first-order chi connectivity index (χ1) is 23.4. The predicted octanol–water partition coefficient (Wildman–Crippen LogP) is 7.07. The first-order valence-corrected chi connectivity index (χ1v) is 17.8. The summed E-state index contributed by atoms with van der Waals surface area (Å²) >= 11 is 2.95. The van der Waals surface area contributed by atoms with Crippen molar-refractivity contribution >= 4 is 41.4 Å². The largest absolute Gasteiger partial charge is 0.452 e. The minimum Gasteiger partial charge on any atom is -0.452 e. The van der Waals surface area contributed by atoms with Crippen LogP contribution < -0.4 is 0 Å². The Morgan fingerprint density at radius 1 is 0.583 bits per heavy atom. The van der Waals surface area contributed by atoms with E-state index in [-0.39, 0.29) is 29.9 Å². The zero-order chi connectivity index (χ0) is 34.1. The smallest absolute Gasteiger partial charge is 0.338 e. The van der Waals surface area contributed by atoms with Crippen LogP contribution in [0.4, 0.5) is 0 Å². The number of hydrogen-bond acceptors (Lipinski definition) is 10. The van der Waals surface area contributed by atoms with E-state index in [1.165, 1.54) is 23.5 Å². The first kappa shape index (κ1) is 36.7. The van der Waals surface area contributed by atoms with Gasteiger partial charge < -0.3 is 24.1 Å². The van der Waals surface area contributed by atoms with E-state index in [1.807, 2.05) is 44.2 Å². The van der Waals surface area contributed by atoms with Gasteiger partial charge in [0.2, 0.25) is 0 Å². The van der Waals surface area contributed by atoms with Crippen molar-refractivity contribution in [2.75, 3.05) is 18.1 Å². The van der Waals surface area contributed by atoms with Gasteiger partial charge in [0.05, 0.1) is 34.5 Å². The molecule has 0 unspecified atom stereocenters. The van der Waals surface area contributed by atoms with Gasteiger partial charge in [-0.1, -0.05) is 98.8 Å². The maximum Gasteiger partial charge on any atom is 0.338 e. The molecule has 252 valence electrons. The molecule has 4 rings (SSSR count). The molecule has 0 heterocycles. The zero-order valence-corrected chi connectivity index (χ0v) is 28.5. The maximum atomic E-state index is 13.7. The van der Waals surface area contributed by atoms with Gasteiger partial charge in [-0.15, -0.1) is 23.5 Å². The molecule has 4 aromatic carbocycles. The summed E-state index contributed by atoms with van der Waals surface area (Å²) in [6.07, 6.45) is -5.56. The van der Waals surface area contributed by atoms with Crippen LogP contribution in [0, 0.1) is 0 Å². The Kier molecular flexibility index (Phi) is 15.1. The molecule has 0 amide bonds. The van der Waals surface area contributed by atoms with Crippen molar-refractivity contribution in [1.82, 2.24) is 0 Å². The van der Waals surface area contributed by atoms with Crippen molar-refractivity contribution in [3.8, 4) is 0 Å². The molecular weight excluding hydrogens is 649 g/mol. The number of rotatable bonds is 18. The van der Waals surface area contributed by atoms with E-state index in [1.54, 1.807) is 91.0 Å². The van der Waals surface area contributed by atoms with Gasteiger partial charge in [0, 0.05) is 0 Å². The summed E-state index contributed by atoms with van der Waals surface area (Å²) in [7, 11) is 0. The van der Waals surface area contributed by atoms with Crippen LogP contribution in [0.1, 0.15) is 50.5 Å². The minimum atomic E-state index is -1.47. The molecule has 0 aliphatic carbocycles. The molecule has 0 fully saturated rings. The third-order valence-corrected chi connectivity index (χ3v) is 9.83. The number of benzene rings is 4. The van der Waals surface area contributed by atoms with Crippen molar-refractivity contribution in [2.45, 2.75) is 49.5 Å². The highest BCUT2D eigenvalue weighted by molar-refractivity contribution is 8.17.